The van der Waals surface area contributed by atoms with E-state index in [0.29, 0.717) is 30.1 Å². The number of sulfonamides is 1. The number of hydrogen-bond acceptors (Lipinski definition) is 4. The van der Waals surface area contributed by atoms with Crippen molar-refractivity contribution < 1.29 is 8.42 Å². The van der Waals surface area contributed by atoms with Crippen LogP contribution in [0.1, 0.15) is 46.1 Å². The molecule has 0 bridgehead atoms. The molecule has 1 aliphatic heterocycles. The van der Waals surface area contributed by atoms with Crippen LogP contribution in [0.4, 0.5) is 0 Å². The summed E-state index contributed by atoms with van der Waals surface area (Å²) in [5.74, 6) is 0. The van der Waals surface area contributed by atoms with E-state index in [1.807, 2.05) is 26.0 Å². The Morgan fingerprint density at radius 1 is 1.12 bits per heavy atom. The molecule has 1 aromatic carbocycles. The van der Waals surface area contributed by atoms with E-state index in [-0.39, 0.29) is 0 Å². The molecule has 1 heterocycles. The van der Waals surface area contributed by atoms with Gasteiger partial charge >= 0.3 is 0 Å². The summed E-state index contributed by atoms with van der Waals surface area (Å²) < 4.78 is 26.5. The van der Waals surface area contributed by atoms with Crippen LogP contribution < -0.4 is 5.32 Å². The van der Waals surface area contributed by atoms with Crippen molar-refractivity contribution in [2.24, 2.45) is 0 Å². The molecule has 0 aliphatic carbocycles. The normalized spacial score (nSPS) is 17.5. The highest BCUT2D eigenvalue weighted by Gasteiger charge is 2.22. The van der Waals surface area contributed by atoms with E-state index in [9.17, 15) is 8.42 Å². The molecule has 0 radical (unpaired) electrons. The van der Waals surface area contributed by atoms with E-state index in [0.717, 1.165) is 25.2 Å². The number of benzene rings is 1. The van der Waals surface area contributed by atoms with E-state index < -0.39 is 10.0 Å². The van der Waals surface area contributed by atoms with Crippen molar-refractivity contribution in [1.29, 1.82) is 0 Å². The van der Waals surface area contributed by atoms with Crippen LogP contribution in [0.2, 0.25) is 0 Å². The first-order valence-electron chi connectivity index (χ1n) is 9.45. The van der Waals surface area contributed by atoms with Crippen molar-refractivity contribution in [3.05, 3.63) is 29.8 Å². The molecule has 0 unspecified atom stereocenters. The van der Waals surface area contributed by atoms with Gasteiger partial charge in [0, 0.05) is 31.7 Å². The monoisotopic (exact) mass is 367 g/mol. The van der Waals surface area contributed by atoms with E-state index in [1.54, 1.807) is 12.1 Å². The van der Waals surface area contributed by atoms with Crippen LogP contribution >= 0.6 is 0 Å². The van der Waals surface area contributed by atoms with Crippen LogP contribution in [-0.4, -0.2) is 55.9 Å². The molecular formula is C19H33N3O2S. The van der Waals surface area contributed by atoms with E-state index in [2.05, 4.69) is 24.1 Å². The Kier molecular flexibility index (Phi) is 7.43. The zero-order valence-corrected chi connectivity index (χ0v) is 16.8. The highest BCUT2D eigenvalue weighted by molar-refractivity contribution is 7.89. The summed E-state index contributed by atoms with van der Waals surface area (Å²) in [4.78, 5) is 2.90. The average Bonchev–Trinajstić information content (AvgIpc) is 2.61. The van der Waals surface area contributed by atoms with E-state index >= 15 is 0 Å². The first-order chi connectivity index (χ1) is 11.9. The third-order valence-corrected chi connectivity index (χ3v) is 7.19. The Balaban J connectivity index is 1.89. The number of rotatable bonds is 8. The van der Waals surface area contributed by atoms with Crippen LogP contribution in [0.5, 0.6) is 0 Å². The van der Waals surface area contributed by atoms with Crippen LogP contribution in [0.15, 0.2) is 29.2 Å². The van der Waals surface area contributed by atoms with Gasteiger partial charge in [0.25, 0.3) is 0 Å². The van der Waals surface area contributed by atoms with Gasteiger partial charge in [0.15, 0.2) is 0 Å². The molecule has 0 saturated carbocycles. The van der Waals surface area contributed by atoms with Gasteiger partial charge in [-0.1, -0.05) is 26.0 Å². The zero-order valence-electron chi connectivity index (χ0n) is 16.0. The molecule has 1 aliphatic rings. The molecule has 0 atom stereocenters. The molecule has 5 nitrogen and oxygen atoms in total. The maximum atomic E-state index is 12.5. The molecular weight excluding hydrogens is 334 g/mol. The van der Waals surface area contributed by atoms with Gasteiger partial charge in [-0.25, -0.2) is 8.42 Å². The van der Waals surface area contributed by atoms with E-state index in [1.165, 1.54) is 17.1 Å². The molecule has 1 saturated heterocycles. The van der Waals surface area contributed by atoms with Crippen molar-refractivity contribution in [2.75, 3.05) is 26.2 Å². The van der Waals surface area contributed by atoms with Crippen molar-refractivity contribution in [3.8, 4) is 0 Å². The maximum Gasteiger partial charge on any atom is 0.243 e. The minimum Gasteiger partial charge on any atom is -0.310 e. The Morgan fingerprint density at radius 3 is 2.16 bits per heavy atom. The number of piperidine rings is 1. The molecule has 0 aromatic heterocycles. The minimum absolute atomic E-state index is 0.380. The second-order valence-corrected chi connectivity index (χ2v) is 8.96. The molecule has 25 heavy (non-hydrogen) atoms. The van der Waals surface area contributed by atoms with Crippen molar-refractivity contribution in [1.82, 2.24) is 14.5 Å². The van der Waals surface area contributed by atoms with Crippen molar-refractivity contribution in [2.45, 2.75) is 64.1 Å². The molecule has 2 rings (SSSR count). The van der Waals surface area contributed by atoms with Crippen molar-refractivity contribution in [3.63, 3.8) is 0 Å². The number of nitrogens with zero attached hydrogens (tertiary/aromatic N) is 2. The molecule has 0 amide bonds. The van der Waals surface area contributed by atoms with Gasteiger partial charge in [0.05, 0.1) is 4.90 Å². The summed E-state index contributed by atoms with van der Waals surface area (Å²) in [6.07, 6.45) is 2.35. The smallest absolute Gasteiger partial charge is 0.243 e. The summed E-state index contributed by atoms with van der Waals surface area (Å²) in [5, 5.41) is 3.61. The fourth-order valence-corrected chi connectivity index (χ4v) is 4.83. The molecule has 1 fully saturated rings. The lowest BCUT2D eigenvalue weighted by atomic mass is 10.0. The van der Waals surface area contributed by atoms with Crippen LogP contribution in [0.3, 0.4) is 0 Å². The third-order valence-electron chi connectivity index (χ3n) is 5.12. The Hall–Kier alpha value is -0.950. The lowest BCUT2D eigenvalue weighted by molar-refractivity contribution is 0.161. The van der Waals surface area contributed by atoms with Gasteiger partial charge in [0.1, 0.15) is 0 Å². The Morgan fingerprint density at radius 2 is 1.68 bits per heavy atom. The molecule has 1 aromatic rings. The number of hydrogen-bond donors (Lipinski definition) is 1. The highest BCUT2D eigenvalue weighted by atomic mass is 32.2. The predicted molar refractivity (Wildman–Crippen MR) is 103 cm³/mol. The van der Waals surface area contributed by atoms with Crippen LogP contribution in [0, 0.1) is 0 Å². The molecule has 142 valence electrons. The summed E-state index contributed by atoms with van der Waals surface area (Å²) in [5.41, 5.74) is 1.13. The van der Waals surface area contributed by atoms with Gasteiger partial charge in [0.2, 0.25) is 10.0 Å². The minimum atomic E-state index is -3.36. The second-order valence-electron chi connectivity index (χ2n) is 7.02. The van der Waals surface area contributed by atoms with Crippen LogP contribution in [0.25, 0.3) is 0 Å². The predicted octanol–water partition coefficient (Wildman–Crippen LogP) is 2.68. The summed E-state index contributed by atoms with van der Waals surface area (Å²) in [6, 6.07) is 8.48. The largest absolute Gasteiger partial charge is 0.310 e. The molecule has 1 N–H and O–H groups in total. The van der Waals surface area contributed by atoms with Gasteiger partial charge in [-0.05, 0) is 57.5 Å². The maximum absolute atomic E-state index is 12.5. The first kappa shape index (κ1) is 20.4. The number of nitrogens with one attached hydrogen (secondary N) is 1. The van der Waals surface area contributed by atoms with Gasteiger partial charge in [-0.3, -0.25) is 0 Å². The summed E-state index contributed by atoms with van der Waals surface area (Å²) >= 11 is 0. The van der Waals surface area contributed by atoms with Crippen LogP contribution in [-0.2, 0) is 16.6 Å². The third kappa shape index (κ3) is 5.26. The van der Waals surface area contributed by atoms with Gasteiger partial charge in [-0.15, -0.1) is 0 Å². The lowest BCUT2D eigenvalue weighted by Crippen LogP contribution is -2.44. The Labute approximate surface area is 153 Å². The molecule has 6 heteroatoms. The zero-order chi connectivity index (χ0) is 18.4. The second kappa shape index (κ2) is 9.12. The lowest BCUT2D eigenvalue weighted by Gasteiger charge is -2.35. The fourth-order valence-electron chi connectivity index (χ4n) is 3.37. The average molecular weight is 368 g/mol. The highest BCUT2D eigenvalue weighted by Crippen LogP contribution is 2.17. The van der Waals surface area contributed by atoms with Gasteiger partial charge < -0.3 is 10.2 Å². The SMILES string of the molecule is CCN(CC)S(=O)(=O)c1ccc(CNC2CCN(C(C)C)CC2)cc1. The molecule has 0 spiro atoms. The summed E-state index contributed by atoms with van der Waals surface area (Å²) in [6.45, 7) is 12.3. The first-order valence-corrected chi connectivity index (χ1v) is 10.9. The number of likely N-dealkylation sites (tertiary alicyclic amines) is 1. The Bertz CT molecular complexity index is 617. The standard InChI is InChI=1S/C19H33N3O2S/c1-5-22(6-2)25(23,24)19-9-7-17(8-10-19)15-20-18-11-13-21(14-12-18)16(3)4/h7-10,16,18,20H,5-6,11-15H2,1-4H3. The van der Waals surface area contributed by atoms with Gasteiger partial charge in [-0.2, -0.15) is 4.31 Å². The quantitative estimate of drug-likeness (QED) is 0.767. The fraction of sp³-hybridized carbons (Fsp3) is 0.684. The topological polar surface area (TPSA) is 52.7 Å². The summed E-state index contributed by atoms with van der Waals surface area (Å²) in [7, 11) is -3.36. The van der Waals surface area contributed by atoms with E-state index in [4.69, 9.17) is 0 Å². The van der Waals surface area contributed by atoms with Crippen molar-refractivity contribution >= 4 is 10.0 Å².